The molecule has 70 valence electrons. The molecule has 13 heavy (non-hydrogen) atoms. The molecule has 0 N–H and O–H groups in total. The Balaban J connectivity index is 3.33. The summed E-state index contributed by atoms with van der Waals surface area (Å²) in [5.74, 6) is -0.0509. The third-order valence-electron chi connectivity index (χ3n) is 1.70. The number of carbonyl (C=O) groups is 1. The third kappa shape index (κ3) is 2.25. The van der Waals surface area contributed by atoms with Crippen molar-refractivity contribution in [1.82, 2.24) is 0 Å². The quantitative estimate of drug-likeness (QED) is 0.594. The van der Waals surface area contributed by atoms with E-state index >= 15 is 0 Å². The standard InChI is InChI=1S/C9H7BrCl2O/c1-5-2-3-6(11)9(12)8(5)7(13)4-10/h2-3H,4H2,1H3. The van der Waals surface area contributed by atoms with E-state index in [1.165, 1.54) is 0 Å². The molecule has 0 bridgehead atoms. The van der Waals surface area contributed by atoms with Crippen molar-refractivity contribution in [2.45, 2.75) is 6.92 Å². The van der Waals surface area contributed by atoms with Crippen LogP contribution in [0.15, 0.2) is 12.1 Å². The number of carbonyl (C=O) groups excluding carboxylic acids is 1. The molecule has 0 unspecified atom stereocenters. The lowest BCUT2D eigenvalue weighted by atomic mass is 10.1. The molecule has 0 fully saturated rings. The molecular formula is C9H7BrCl2O. The Kier molecular flexibility index (Phi) is 3.77. The minimum atomic E-state index is -0.0509. The lowest BCUT2D eigenvalue weighted by Gasteiger charge is -2.06. The van der Waals surface area contributed by atoms with Crippen molar-refractivity contribution in [3.63, 3.8) is 0 Å². The Labute approximate surface area is 95.2 Å². The van der Waals surface area contributed by atoms with Gasteiger partial charge >= 0.3 is 0 Å². The maximum atomic E-state index is 11.4. The van der Waals surface area contributed by atoms with Crippen LogP contribution in [0, 0.1) is 6.92 Å². The third-order valence-corrected chi connectivity index (χ3v) is 3.02. The van der Waals surface area contributed by atoms with Crippen LogP contribution >= 0.6 is 39.1 Å². The van der Waals surface area contributed by atoms with Gasteiger partial charge in [0.1, 0.15) is 0 Å². The van der Waals surface area contributed by atoms with Crippen LogP contribution in [0.4, 0.5) is 0 Å². The summed E-state index contributed by atoms with van der Waals surface area (Å²) in [4.78, 5) is 11.4. The van der Waals surface area contributed by atoms with Gasteiger partial charge in [0.25, 0.3) is 0 Å². The highest BCUT2D eigenvalue weighted by molar-refractivity contribution is 9.09. The highest BCUT2D eigenvalue weighted by atomic mass is 79.9. The van der Waals surface area contributed by atoms with Crippen LogP contribution in [-0.4, -0.2) is 11.1 Å². The van der Waals surface area contributed by atoms with Crippen LogP contribution < -0.4 is 0 Å². The lowest BCUT2D eigenvalue weighted by Crippen LogP contribution is -2.03. The monoisotopic (exact) mass is 280 g/mol. The van der Waals surface area contributed by atoms with Gasteiger partial charge in [0.15, 0.2) is 5.78 Å². The number of hydrogen-bond donors (Lipinski definition) is 0. The zero-order valence-corrected chi connectivity index (χ0v) is 10.0. The van der Waals surface area contributed by atoms with E-state index in [9.17, 15) is 4.79 Å². The van der Waals surface area contributed by atoms with Crippen molar-refractivity contribution in [3.05, 3.63) is 33.3 Å². The van der Waals surface area contributed by atoms with Crippen LogP contribution in [0.25, 0.3) is 0 Å². The second-order valence-electron chi connectivity index (χ2n) is 2.61. The Morgan fingerprint density at radius 2 is 2.08 bits per heavy atom. The molecule has 0 amide bonds. The zero-order valence-electron chi connectivity index (χ0n) is 6.90. The fourth-order valence-electron chi connectivity index (χ4n) is 1.06. The molecule has 0 aliphatic rings. The smallest absolute Gasteiger partial charge is 0.175 e. The predicted molar refractivity (Wildman–Crippen MR) is 59.3 cm³/mol. The van der Waals surface area contributed by atoms with Gasteiger partial charge in [-0.25, -0.2) is 0 Å². The number of benzene rings is 1. The SMILES string of the molecule is Cc1ccc(Cl)c(Cl)c1C(=O)CBr. The van der Waals surface area contributed by atoms with Crippen LogP contribution in [0.1, 0.15) is 15.9 Å². The summed E-state index contributed by atoms with van der Waals surface area (Å²) in [5, 5.41) is 1.01. The predicted octanol–water partition coefficient (Wildman–Crippen LogP) is 3.88. The van der Waals surface area contributed by atoms with Crippen LogP contribution in [0.5, 0.6) is 0 Å². The van der Waals surface area contributed by atoms with Gasteiger partial charge in [-0.3, -0.25) is 4.79 Å². The zero-order chi connectivity index (χ0) is 10.0. The summed E-state index contributed by atoms with van der Waals surface area (Å²) in [6.45, 7) is 1.83. The number of rotatable bonds is 2. The highest BCUT2D eigenvalue weighted by Gasteiger charge is 2.14. The summed E-state index contributed by atoms with van der Waals surface area (Å²) in [6.07, 6.45) is 0. The van der Waals surface area contributed by atoms with Gasteiger partial charge in [0.2, 0.25) is 0 Å². The van der Waals surface area contributed by atoms with Gasteiger partial charge in [-0.15, -0.1) is 0 Å². The number of hydrogen-bond acceptors (Lipinski definition) is 1. The molecule has 0 saturated carbocycles. The molecule has 0 atom stereocenters. The van der Waals surface area contributed by atoms with Crippen molar-refractivity contribution < 1.29 is 4.79 Å². The first kappa shape index (κ1) is 11.0. The first-order valence-electron chi connectivity index (χ1n) is 3.61. The summed E-state index contributed by atoms with van der Waals surface area (Å²) in [6, 6.07) is 3.47. The van der Waals surface area contributed by atoms with Gasteiger partial charge in [0.05, 0.1) is 15.4 Å². The Morgan fingerprint density at radius 3 is 2.62 bits per heavy atom. The summed E-state index contributed by atoms with van der Waals surface area (Å²) < 4.78 is 0. The van der Waals surface area contributed by atoms with Crippen molar-refractivity contribution in [1.29, 1.82) is 0 Å². The van der Waals surface area contributed by atoms with E-state index in [2.05, 4.69) is 15.9 Å². The molecule has 0 spiro atoms. The molecule has 0 heterocycles. The Bertz CT molecular complexity index is 350. The first-order chi connectivity index (χ1) is 6.07. The Hall–Kier alpha value is -0.0500. The fourth-order valence-corrected chi connectivity index (χ4v) is 1.81. The van der Waals surface area contributed by atoms with E-state index in [0.717, 1.165) is 5.56 Å². The molecule has 4 heteroatoms. The van der Waals surface area contributed by atoms with Gasteiger partial charge in [0, 0.05) is 5.56 Å². The number of halogens is 3. The van der Waals surface area contributed by atoms with Gasteiger partial charge in [-0.2, -0.15) is 0 Å². The van der Waals surface area contributed by atoms with Gasteiger partial charge in [-0.05, 0) is 18.6 Å². The van der Waals surface area contributed by atoms with E-state index < -0.39 is 0 Å². The molecule has 0 aliphatic heterocycles. The first-order valence-corrected chi connectivity index (χ1v) is 5.49. The minimum absolute atomic E-state index is 0.0509. The van der Waals surface area contributed by atoms with Crippen molar-refractivity contribution in [3.8, 4) is 0 Å². The molecule has 0 radical (unpaired) electrons. The average molecular weight is 282 g/mol. The van der Waals surface area contributed by atoms with E-state index in [1.54, 1.807) is 12.1 Å². The molecular weight excluding hydrogens is 275 g/mol. The van der Waals surface area contributed by atoms with Crippen LogP contribution in [0.2, 0.25) is 10.0 Å². The van der Waals surface area contributed by atoms with Gasteiger partial charge in [-0.1, -0.05) is 45.2 Å². The minimum Gasteiger partial charge on any atom is -0.293 e. The van der Waals surface area contributed by atoms with E-state index in [4.69, 9.17) is 23.2 Å². The second-order valence-corrected chi connectivity index (χ2v) is 3.96. The molecule has 1 nitrogen and oxygen atoms in total. The van der Waals surface area contributed by atoms with Crippen LogP contribution in [0.3, 0.4) is 0 Å². The number of ketones is 1. The fraction of sp³-hybridized carbons (Fsp3) is 0.222. The number of alkyl halides is 1. The molecule has 0 aromatic heterocycles. The van der Waals surface area contributed by atoms with Crippen molar-refractivity contribution >= 4 is 44.9 Å². The molecule has 0 aliphatic carbocycles. The Morgan fingerprint density at radius 1 is 1.46 bits per heavy atom. The van der Waals surface area contributed by atoms with Crippen molar-refractivity contribution in [2.24, 2.45) is 0 Å². The second kappa shape index (κ2) is 4.45. The van der Waals surface area contributed by atoms with Crippen molar-refractivity contribution in [2.75, 3.05) is 5.33 Å². The molecule has 1 rings (SSSR count). The lowest BCUT2D eigenvalue weighted by molar-refractivity contribution is 0.102. The van der Waals surface area contributed by atoms with E-state index in [-0.39, 0.29) is 11.1 Å². The molecule has 1 aromatic carbocycles. The van der Waals surface area contributed by atoms with E-state index in [1.807, 2.05) is 6.92 Å². The summed E-state index contributed by atoms with van der Waals surface area (Å²) >= 11 is 14.8. The molecule has 1 aromatic rings. The summed E-state index contributed by atoms with van der Waals surface area (Å²) in [7, 11) is 0. The maximum Gasteiger partial charge on any atom is 0.175 e. The number of Topliss-reactive ketones (excluding diaryl/α,β-unsaturated/α-hetero) is 1. The average Bonchev–Trinajstić information content (AvgIpc) is 2.12. The summed E-state index contributed by atoms with van der Waals surface area (Å²) in [5.41, 5.74) is 1.35. The normalized spacial score (nSPS) is 10.2. The van der Waals surface area contributed by atoms with Crippen LogP contribution in [-0.2, 0) is 0 Å². The van der Waals surface area contributed by atoms with E-state index in [0.29, 0.717) is 15.6 Å². The maximum absolute atomic E-state index is 11.4. The highest BCUT2D eigenvalue weighted by Crippen LogP contribution is 2.28. The topological polar surface area (TPSA) is 17.1 Å². The van der Waals surface area contributed by atoms with Gasteiger partial charge < -0.3 is 0 Å². The molecule has 0 saturated heterocycles. The largest absolute Gasteiger partial charge is 0.293 e. The number of aryl methyl sites for hydroxylation is 1.